The number of rotatable bonds is 21. The minimum absolute atomic E-state index is 0. The van der Waals surface area contributed by atoms with Crippen LogP contribution in [-0.2, 0) is 84.9 Å². The number of benzene rings is 9. The fourth-order valence-electron chi connectivity index (χ4n) is 11.9. The number of nitrogens with two attached hydrogens (primary N) is 3. The van der Waals surface area contributed by atoms with Crippen LogP contribution >= 0.6 is 0 Å². The number of hydrazone groups is 2. The molecule has 1 aliphatic heterocycles. The fraction of sp³-hybridized carbons (Fsp3) is 0.204. The number of pyridine rings is 2. The first-order valence-electron chi connectivity index (χ1n) is 42.3. The molecule has 37 nitrogen and oxygen atoms in total. The molecule has 16 rings (SSSR count). The summed E-state index contributed by atoms with van der Waals surface area (Å²) in [7, 11) is 32.8. The van der Waals surface area contributed by atoms with E-state index < -0.39 is 10.1 Å². The molecule has 0 saturated heterocycles. The Kier molecular flexibility index (Phi) is 51.7. The van der Waals surface area contributed by atoms with Crippen molar-refractivity contribution in [3.63, 3.8) is 0 Å². The van der Waals surface area contributed by atoms with Crippen molar-refractivity contribution >= 4 is 131 Å². The van der Waals surface area contributed by atoms with E-state index in [9.17, 15) is 8.42 Å². The normalized spacial score (nSPS) is 10.5. The van der Waals surface area contributed by atoms with E-state index in [0.717, 1.165) is 131 Å². The first-order chi connectivity index (χ1) is 65.1. The van der Waals surface area contributed by atoms with Crippen molar-refractivity contribution in [2.75, 3.05) is 113 Å². The number of aryl methyl sites for hydroxylation is 10. The summed E-state index contributed by atoms with van der Waals surface area (Å²) in [6, 6.07) is 73.8. The van der Waals surface area contributed by atoms with Crippen LogP contribution in [0.4, 0.5) is 97.7 Å². The van der Waals surface area contributed by atoms with Crippen molar-refractivity contribution in [2.24, 2.45) is 122 Å². The zero-order valence-electron chi connectivity index (χ0n) is 82.5. The number of hydrogen-bond donors (Lipinski definition) is 5. The number of hydrogen-bond acceptors (Lipinski definition) is 26. The van der Waals surface area contributed by atoms with Gasteiger partial charge in [0.25, 0.3) is 10.1 Å². The van der Waals surface area contributed by atoms with E-state index in [1.165, 1.54) is 0 Å². The Balaban J connectivity index is 0.000000420. The van der Waals surface area contributed by atoms with Gasteiger partial charge in [0, 0.05) is 143 Å². The fourth-order valence-corrected chi connectivity index (χ4v) is 11.9. The molecule has 0 fully saturated rings. The highest BCUT2D eigenvalue weighted by atomic mass is 35.5. The molecule has 1 aliphatic carbocycles. The molecule has 8 aromatic carbocycles. The second-order valence-corrected chi connectivity index (χ2v) is 32.5. The number of halogens is 6. The highest BCUT2D eigenvalue weighted by Crippen LogP contribution is 2.32. The zero-order chi connectivity index (χ0) is 98.4. The first-order valence-corrected chi connectivity index (χ1v) is 44.2. The van der Waals surface area contributed by atoms with Crippen molar-refractivity contribution in [1.29, 1.82) is 0 Å². The molecule has 0 bridgehead atoms. The average molecular weight is 2080 g/mol. The number of nitrogens with zero attached hydrogens (tertiary/aromatic N) is 25. The smallest absolute Gasteiger partial charge is 0.421 e. The van der Waals surface area contributed by atoms with Gasteiger partial charge < -0.3 is 131 Å². The second kappa shape index (κ2) is 60.7. The van der Waals surface area contributed by atoms with Crippen LogP contribution in [0.3, 0.4) is 0 Å². The third-order valence-corrected chi connectivity index (χ3v) is 20.0. The van der Waals surface area contributed by atoms with Crippen molar-refractivity contribution in [3.8, 4) is 23.0 Å². The predicted molar refractivity (Wildman–Crippen MR) is 533 cm³/mol. The SMILES string of the molecule is CN(/N=C/c1cc[n+](C)cc1)c1ccccc1.CN(C)c1ccc(N=Nc2n(C)cc[n+]2C)cc1.CNc1ccc(N=Nc2n(C)cc[n+]2C)cc1.COc1cc2nc3ccc(=[N+](C)C)cc-3oc2cc1N.COc1ccc(N(C)/N=C/c2cc[n+](C)cc2)cc1.CS(=O)(=O)O[O-].Cn1cc[n+](C)c1N=Nc1ccc(N)cc1.Cn1cc[n+](C)c1N=Nc1ccc(Nc2ccc(N)cc2)cc1.[Cl-].[Cl-].[Cl-].[Cl-].[Cl-].[Cl-]. The lowest BCUT2D eigenvalue weighted by Gasteiger charge is -2.12. The summed E-state index contributed by atoms with van der Waals surface area (Å²) in [5.74, 6) is 5.37. The van der Waals surface area contributed by atoms with Crippen LogP contribution in [0, 0.1) is 0 Å². The van der Waals surface area contributed by atoms with E-state index in [1.807, 2.05) is 473 Å². The zero-order valence-corrected chi connectivity index (χ0v) is 87.8. The highest BCUT2D eigenvalue weighted by molar-refractivity contribution is 7.85. The molecule has 8 N–H and O–H groups in total. The van der Waals surface area contributed by atoms with Gasteiger partial charge in [-0.3, -0.25) is 10.0 Å². The summed E-state index contributed by atoms with van der Waals surface area (Å²) < 4.78 is 59.2. The van der Waals surface area contributed by atoms with Crippen LogP contribution in [0.25, 0.3) is 22.6 Å². The van der Waals surface area contributed by atoms with Crippen LogP contribution in [0.2, 0.25) is 0 Å². The number of nitrogens with one attached hydrogen (secondary N) is 2. The summed E-state index contributed by atoms with van der Waals surface area (Å²) >= 11 is 0. The molecule has 6 aromatic heterocycles. The first kappa shape index (κ1) is 121. The minimum Gasteiger partial charge on any atom is -1.00 e. The molecule has 44 heteroatoms. The number of ether oxygens (including phenoxy) is 2. The molecule has 0 unspecified atom stereocenters. The van der Waals surface area contributed by atoms with Gasteiger partial charge in [0.05, 0.1) is 162 Å². The van der Waals surface area contributed by atoms with E-state index >= 15 is 0 Å². The highest BCUT2D eigenvalue weighted by Gasteiger charge is 2.17. The van der Waals surface area contributed by atoms with Crippen LogP contribution in [0.15, 0.2) is 360 Å². The van der Waals surface area contributed by atoms with Gasteiger partial charge in [-0.25, -0.2) is 63.6 Å². The van der Waals surface area contributed by atoms with E-state index in [-0.39, 0.29) is 74.4 Å². The van der Waals surface area contributed by atoms with Crippen LogP contribution in [-0.4, -0.2) is 114 Å². The molecule has 7 heterocycles. The number of fused-ring (bicyclic) bond motifs is 2. The third kappa shape index (κ3) is 39.3. The van der Waals surface area contributed by atoms with E-state index in [2.05, 4.69) is 76.0 Å². The number of imidazole rings is 4. The molecule has 0 spiro atoms. The second-order valence-electron chi connectivity index (χ2n) is 30.9. The van der Waals surface area contributed by atoms with Gasteiger partial charge in [0.1, 0.15) is 73.6 Å². The van der Waals surface area contributed by atoms with Gasteiger partial charge in [0.2, 0.25) is 5.36 Å². The lowest BCUT2D eigenvalue weighted by Crippen LogP contribution is -3.00. The van der Waals surface area contributed by atoms with Crippen molar-refractivity contribution < 1.29 is 134 Å². The van der Waals surface area contributed by atoms with Crippen LogP contribution in [0.5, 0.6) is 11.5 Å². The van der Waals surface area contributed by atoms with Crippen molar-refractivity contribution in [3.05, 3.63) is 321 Å². The Morgan fingerprint density at radius 2 is 0.796 bits per heavy atom. The van der Waals surface area contributed by atoms with Crippen LogP contribution in [0.1, 0.15) is 11.1 Å². The largest absolute Gasteiger partial charge is 1.00 e. The Labute approximate surface area is 865 Å². The van der Waals surface area contributed by atoms with Gasteiger partial charge in [0.15, 0.2) is 36.1 Å². The molecule has 14 aromatic rings. The van der Waals surface area contributed by atoms with E-state index in [0.29, 0.717) is 23.3 Å². The summed E-state index contributed by atoms with van der Waals surface area (Å²) in [4.78, 5) is 6.63. The Hall–Kier alpha value is -15.1. The maximum absolute atomic E-state index is 9.47. The average Bonchev–Trinajstić information content (AvgIpc) is 0.810. The Bertz CT molecular complexity index is 6760. The number of para-hydroxylation sites is 1. The van der Waals surface area contributed by atoms with E-state index in [4.69, 9.17) is 36.3 Å². The number of azo groups is 4. The van der Waals surface area contributed by atoms with Crippen LogP contribution < -0.4 is 169 Å². The maximum Gasteiger partial charge on any atom is 0.421 e. The van der Waals surface area contributed by atoms with Gasteiger partial charge in [-0.2, -0.15) is 10.2 Å². The third-order valence-electron chi connectivity index (χ3n) is 19.8. The van der Waals surface area contributed by atoms with Gasteiger partial charge in [-0.15, -0.1) is 0 Å². The molecule has 0 amide bonds. The quantitative estimate of drug-likeness (QED) is 0.00868. The number of aromatic nitrogens is 11. The summed E-state index contributed by atoms with van der Waals surface area (Å²) in [5, 5.41) is 62.5. The van der Waals surface area contributed by atoms with Crippen molar-refractivity contribution in [1.82, 2.24) is 27.8 Å². The minimum atomic E-state index is -3.72. The Morgan fingerprint density at radius 3 is 1.14 bits per heavy atom. The maximum atomic E-state index is 9.47. The van der Waals surface area contributed by atoms with Gasteiger partial charge in [-0.05, 0) is 164 Å². The number of anilines is 9. The lowest BCUT2D eigenvalue weighted by atomic mass is 10.2. The summed E-state index contributed by atoms with van der Waals surface area (Å²) in [5.41, 5.74) is 33.1. The molecular formula is C98H120Cl6N30O7S. The molecule has 0 atom stereocenters. The molecule has 2 aliphatic rings. The molecule has 0 saturated carbocycles. The Morgan fingerprint density at radius 1 is 0.444 bits per heavy atom. The number of methoxy groups -OCH3 is 2. The predicted octanol–water partition coefficient (Wildman–Crippen LogP) is -4.14. The van der Waals surface area contributed by atoms with Crippen molar-refractivity contribution in [2.45, 2.75) is 0 Å². The molecule has 142 heavy (non-hydrogen) atoms. The molecule has 752 valence electrons. The van der Waals surface area contributed by atoms with Gasteiger partial charge in [-0.1, -0.05) is 38.7 Å². The summed E-state index contributed by atoms with van der Waals surface area (Å²) in [6.45, 7) is 0. The van der Waals surface area contributed by atoms with E-state index in [1.54, 1.807) is 38.5 Å². The molecule has 0 radical (unpaired) electrons. The summed E-state index contributed by atoms with van der Waals surface area (Å²) in [6.07, 6.45) is 27.9. The topological polar surface area (TPSA) is 392 Å². The standard InChI is InChI=1S/C17H18N6.C15H15N3O2.C15H18N3O.C14H16N3.C13H18N5.C12H15N5.C11H13N5.CH4O4S.6ClH/c1-22-11-12-23(2)17(22)21-20-16-9-7-15(8-10-16)19-14-5-3-13(18)4-6-14;1-18(2)9-4-5-11-14(6-9)20-15-7-10(16)13(19-3)8-12(15)17-11;1-17-10-8-13(9-11-17)12-16-18(2)14-4-6-15(19-3)7-5-14;1-16-10-8-13(9-11-16)12-15-17(2)14-6-4-3-5-7-14;1-16(2)12-7-5-11(6-8-12)14-15-13-17(3)9-10-18(13)4;1-13-10-4-6-11(7-5-10)14-15-12-16(2)8-9-17(12)3;1-15-7-8-16(2)11(15)14-13-10-5-3-9(12)4-6-10;1-6(3,4)5-2;;;;;;/h3-12H,1-2H3,(H2,18,20);4-8,16H,1-3H3;4-12H,1-3H3;3-12H,1-2H3;5-10H,1-4H3;4-9H,1-3H3;3-8,12H,1-2H3;2H,1H3;6*1H/q;;3*+1;;;;;;;;;/p-3. The van der Waals surface area contributed by atoms with Gasteiger partial charge >= 0.3 is 23.8 Å². The lowest BCUT2D eigenvalue weighted by molar-refractivity contribution is -0.671. The number of nitrogen functional groups attached to an aromatic ring is 3. The monoisotopic (exact) mass is 2070 g/mol. The molecular weight excluding hydrogens is 1950 g/mol.